The summed E-state index contributed by atoms with van der Waals surface area (Å²) in [4.78, 5) is 23.0. The topological polar surface area (TPSA) is 52.5 Å². The molecule has 5 nitrogen and oxygen atoms in total. The molecule has 1 N–H and O–H groups in total. The second-order valence-corrected chi connectivity index (χ2v) is 8.80. The van der Waals surface area contributed by atoms with E-state index in [1.54, 1.807) is 0 Å². The van der Waals surface area contributed by atoms with Crippen molar-refractivity contribution >= 4 is 17.7 Å². The van der Waals surface area contributed by atoms with Gasteiger partial charge in [-0.15, -0.1) is 0 Å². The second kappa shape index (κ2) is 9.84. The van der Waals surface area contributed by atoms with Crippen LogP contribution in [0.2, 0.25) is 0 Å². The van der Waals surface area contributed by atoms with Crippen LogP contribution in [0.1, 0.15) is 68.7 Å². The highest BCUT2D eigenvalue weighted by atomic mass is 17.2. The van der Waals surface area contributed by atoms with E-state index in [1.807, 2.05) is 19.1 Å². The van der Waals surface area contributed by atoms with Gasteiger partial charge in [-0.05, 0) is 49.8 Å². The molecule has 1 atom stereocenters. The van der Waals surface area contributed by atoms with Crippen LogP contribution in [-0.4, -0.2) is 23.7 Å². The van der Waals surface area contributed by atoms with Crippen molar-refractivity contribution in [3.8, 4) is 11.3 Å². The number of amides is 1. The van der Waals surface area contributed by atoms with Gasteiger partial charge in [0, 0.05) is 17.2 Å². The normalized spacial score (nSPS) is 17.8. The highest BCUT2D eigenvalue weighted by Crippen LogP contribution is 2.45. The maximum Gasteiger partial charge on any atom is 0.244 e. The molecule has 0 radical (unpaired) electrons. The Morgan fingerprint density at radius 1 is 1.19 bits per heavy atom. The van der Waals surface area contributed by atoms with Gasteiger partial charge in [0.2, 0.25) is 5.91 Å². The summed E-state index contributed by atoms with van der Waals surface area (Å²) < 4.78 is 2.23. The summed E-state index contributed by atoms with van der Waals surface area (Å²) in [5.41, 5.74) is 7.11. The Kier molecular flexibility index (Phi) is 6.93. The van der Waals surface area contributed by atoms with E-state index in [1.165, 1.54) is 48.9 Å². The highest BCUT2D eigenvalue weighted by molar-refractivity contribution is 5.98. The van der Waals surface area contributed by atoms with E-state index in [-0.39, 0.29) is 11.8 Å². The van der Waals surface area contributed by atoms with Crippen LogP contribution in [-0.2, 0) is 21.1 Å². The number of hydrogen-bond donors (Lipinski definition) is 1. The number of rotatable bonds is 7. The van der Waals surface area contributed by atoms with Gasteiger partial charge in [0.1, 0.15) is 6.54 Å². The summed E-state index contributed by atoms with van der Waals surface area (Å²) >= 11 is 0. The van der Waals surface area contributed by atoms with Gasteiger partial charge < -0.3 is 9.88 Å². The third-order valence-electron chi connectivity index (χ3n) is 6.50. The van der Waals surface area contributed by atoms with E-state index in [0.29, 0.717) is 25.7 Å². The Bertz CT molecular complexity index is 954. The van der Waals surface area contributed by atoms with Crippen LogP contribution in [0.15, 0.2) is 30.3 Å². The average molecular weight is 423 g/mol. The molecule has 1 unspecified atom stereocenters. The van der Waals surface area contributed by atoms with Crippen molar-refractivity contribution in [1.29, 1.82) is 0 Å². The molecule has 166 valence electrons. The number of carbonyl (C=O) groups excluding carboxylic acids is 1. The molecular weight excluding hydrogens is 388 g/mol. The smallest absolute Gasteiger partial charge is 0.244 e. The van der Waals surface area contributed by atoms with E-state index in [0.717, 1.165) is 16.9 Å². The molecule has 0 bridgehead atoms. The van der Waals surface area contributed by atoms with Crippen molar-refractivity contribution < 1.29 is 14.6 Å². The second-order valence-electron chi connectivity index (χ2n) is 8.80. The van der Waals surface area contributed by atoms with Gasteiger partial charge in [-0.1, -0.05) is 56.5 Å². The number of hydrogen-bond acceptors (Lipinski definition) is 3. The Labute approximate surface area is 185 Å². The van der Waals surface area contributed by atoms with Gasteiger partial charge in [0.25, 0.3) is 0 Å². The molecule has 1 fully saturated rings. The van der Waals surface area contributed by atoms with Crippen LogP contribution < -0.4 is 5.32 Å². The zero-order chi connectivity index (χ0) is 21.8. The summed E-state index contributed by atoms with van der Waals surface area (Å²) in [6, 6.07) is 8.21. The molecule has 1 amide bonds. The van der Waals surface area contributed by atoms with Crippen molar-refractivity contribution in [3.63, 3.8) is 0 Å². The molecule has 2 heterocycles. The standard InChI is InChI=1S/C26H34N2O3/c1-4-30-31-17-18(2)14-15-21-19(3)28-16-24(29)27-23-13-9-8-12-22(23)26(28)25(21)20-10-6-5-7-11-20/h8-9,12-15,18,20H,4-7,10-11,16-17H2,1-3H3,(H,27,29)/b15-14-. The van der Waals surface area contributed by atoms with E-state index in [2.05, 4.69) is 48.0 Å². The van der Waals surface area contributed by atoms with E-state index in [4.69, 9.17) is 9.78 Å². The largest absolute Gasteiger partial charge is 0.335 e. The van der Waals surface area contributed by atoms with Crippen LogP contribution in [0.25, 0.3) is 17.3 Å². The van der Waals surface area contributed by atoms with Crippen LogP contribution in [0.4, 0.5) is 5.69 Å². The molecule has 31 heavy (non-hydrogen) atoms. The van der Waals surface area contributed by atoms with E-state index < -0.39 is 0 Å². The Hall–Kier alpha value is -2.37. The lowest BCUT2D eigenvalue weighted by Crippen LogP contribution is -2.17. The SMILES string of the molecule is CCOOCC(C)/C=C\c1c(C2CCCCC2)c2n(c1C)CC(=O)Nc1ccccc1-2. The molecule has 1 aromatic carbocycles. The first-order valence-electron chi connectivity index (χ1n) is 11.6. The predicted molar refractivity (Wildman–Crippen MR) is 125 cm³/mol. The van der Waals surface area contributed by atoms with Crippen molar-refractivity contribution in [3.05, 3.63) is 47.2 Å². The van der Waals surface area contributed by atoms with Gasteiger partial charge in [-0.3, -0.25) is 4.79 Å². The van der Waals surface area contributed by atoms with Gasteiger partial charge in [-0.25, -0.2) is 9.78 Å². The molecular formula is C26H34N2O3. The van der Waals surface area contributed by atoms with Crippen molar-refractivity contribution in [2.45, 2.75) is 65.3 Å². The van der Waals surface area contributed by atoms with Gasteiger partial charge >= 0.3 is 0 Å². The van der Waals surface area contributed by atoms with Crippen LogP contribution >= 0.6 is 0 Å². The number of carbonyl (C=O) groups is 1. The number of nitrogens with zero attached hydrogens (tertiary/aromatic N) is 1. The number of aromatic nitrogens is 1. The monoisotopic (exact) mass is 422 g/mol. The minimum absolute atomic E-state index is 0.0357. The molecule has 2 aromatic rings. The molecule has 0 spiro atoms. The van der Waals surface area contributed by atoms with Crippen molar-refractivity contribution in [2.75, 3.05) is 18.5 Å². The molecule has 1 aliphatic heterocycles. The first-order chi connectivity index (χ1) is 15.1. The lowest BCUT2D eigenvalue weighted by molar-refractivity contribution is -0.295. The summed E-state index contributed by atoms with van der Waals surface area (Å²) in [6.45, 7) is 7.64. The quantitative estimate of drug-likeness (QED) is 0.334. The summed E-state index contributed by atoms with van der Waals surface area (Å²) in [5, 5.41) is 3.10. The summed E-state index contributed by atoms with van der Waals surface area (Å²) in [5.74, 6) is 0.800. The van der Waals surface area contributed by atoms with Gasteiger partial charge in [-0.2, -0.15) is 0 Å². The van der Waals surface area contributed by atoms with Gasteiger partial charge in [0.15, 0.2) is 0 Å². The zero-order valence-electron chi connectivity index (χ0n) is 18.9. The Morgan fingerprint density at radius 3 is 2.74 bits per heavy atom. The third kappa shape index (κ3) is 4.63. The highest BCUT2D eigenvalue weighted by Gasteiger charge is 2.30. The van der Waals surface area contributed by atoms with Crippen LogP contribution in [0.5, 0.6) is 0 Å². The van der Waals surface area contributed by atoms with Crippen molar-refractivity contribution in [2.24, 2.45) is 5.92 Å². The number of nitrogens with one attached hydrogen (secondary N) is 1. The fourth-order valence-electron chi connectivity index (χ4n) is 4.97. The van der Waals surface area contributed by atoms with Crippen LogP contribution in [0, 0.1) is 12.8 Å². The zero-order valence-corrected chi connectivity index (χ0v) is 18.9. The Balaban J connectivity index is 1.81. The van der Waals surface area contributed by atoms with Crippen molar-refractivity contribution in [1.82, 2.24) is 4.57 Å². The van der Waals surface area contributed by atoms with E-state index in [9.17, 15) is 4.79 Å². The molecule has 0 saturated heterocycles. The molecule has 1 saturated carbocycles. The predicted octanol–water partition coefficient (Wildman–Crippen LogP) is 6.08. The number of anilines is 1. The molecule has 5 heteroatoms. The maximum absolute atomic E-state index is 12.7. The molecule has 2 aliphatic rings. The fourth-order valence-corrected chi connectivity index (χ4v) is 4.97. The number of fused-ring (bicyclic) bond motifs is 3. The van der Waals surface area contributed by atoms with Crippen LogP contribution in [0.3, 0.4) is 0 Å². The third-order valence-corrected chi connectivity index (χ3v) is 6.50. The average Bonchev–Trinajstić information content (AvgIpc) is 2.94. The summed E-state index contributed by atoms with van der Waals surface area (Å²) in [6.07, 6.45) is 10.7. The number of benzene rings is 1. The number of para-hydroxylation sites is 1. The van der Waals surface area contributed by atoms with E-state index >= 15 is 0 Å². The minimum Gasteiger partial charge on any atom is -0.335 e. The van der Waals surface area contributed by atoms with Gasteiger partial charge in [0.05, 0.1) is 24.6 Å². The molecule has 4 rings (SSSR count). The Morgan fingerprint density at radius 2 is 1.97 bits per heavy atom. The lowest BCUT2D eigenvalue weighted by atomic mass is 9.81. The first kappa shape index (κ1) is 21.8. The first-order valence-corrected chi connectivity index (χ1v) is 11.6. The fraction of sp³-hybridized carbons (Fsp3) is 0.500. The molecule has 1 aromatic heterocycles. The maximum atomic E-state index is 12.7. The lowest BCUT2D eigenvalue weighted by Gasteiger charge is -2.24. The molecule has 1 aliphatic carbocycles. The minimum atomic E-state index is 0.0357. The summed E-state index contributed by atoms with van der Waals surface area (Å²) in [7, 11) is 0.